The number of ether oxygens (including phenoxy) is 1. The van der Waals surface area contributed by atoms with Crippen molar-refractivity contribution in [2.45, 2.75) is 59.4 Å². The molecule has 2 aliphatic rings. The zero-order valence-electron chi connectivity index (χ0n) is 22.0. The average molecular weight is 535 g/mol. The van der Waals surface area contributed by atoms with Crippen LogP contribution < -0.4 is 11.1 Å². The molecule has 0 saturated carbocycles. The Kier molecular flexibility index (Phi) is 7.95. The topological polar surface area (TPSA) is 114 Å². The predicted molar refractivity (Wildman–Crippen MR) is 136 cm³/mol. The number of hydrogen-bond donors (Lipinski definition) is 2. The number of morpholine rings is 1. The molecule has 3 N–H and O–H groups in total. The fourth-order valence-electron chi connectivity index (χ4n) is 4.60. The van der Waals surface area contributed by atoms with E-state index in [1.807, 2.05) is 32.1 Å². The minimum absolute atomic E-state index is 0.0246. The first-order chi connectivity index (χ1) is 18.1. The van der Waals surface area contributed by atoms with Crippen molar-refractivity contribution in [2.75, 3.05) is 37.4 Å². The van der Waals surface area contributed by atoms with Gasteiger partial charge in [0.15, 0.2) is 0 Å². The van der Waals surface area contributed by atoms with Crippen molar-refractivity contribution < 1.29 is 22.7 Å². The maximum absolute atomic E-state index is 13.2. The zero-order chi connectivity index (χ0) is 27.6. The quantitative estimate of drug-likeness (QED) is 0.481. The number of nitrogens with one attached hydrogen (secondary N) is 1. The van der Waals surface area contributed by atoms with Crippen LogP contribution in [0, 0.1) is 0 Å². The van der Waals surface area contributed by atoms with E-state index in [0.29, 0.717) is 56.6 Å². The summed E-state index contributed by atoms with van der Waals surface area (Å²) in [5, 5.41) is 11.7. The van der Waals surface area contributed by atoms with Crippen molar-refractivity contribution in [3.8, 4) is 0 Å². The SMILES string of the molecule is CC.CC(C)c1nnc2nc(NCc3cc(N)cc(C(F)(F)F)c3)c3c(n12)CN(C(=O)N1CCOCC1)C3. The number of nitrogens with zero attached hydrogens (tertiary/aromatic N) is 6. The average Bonchev–Trinajstić information content (AvgIpc) is 3.52. The zero-order valence-corrected chi connectivity index (χ0v) is 22.0. The molecule has 206 valence electrons. The fourth-order valence-corrected chi connectivity index (χ4v) is 4.60. The van der Waals surface area contributed by atoms with Crippen LogP contribution in [0.15, 0.2) is 18.2 Å². The Labute approximate surface area is 219 Å². The van der Waals surface area contributed by atoms with Crippen LogP contribution in [-0.4, -0.2) is 61.7 Å². The molecule has 1 saturated heterocycles. The van der Waals surface area contributed by atoms with Crippen molar-refractivity contribution in [3.05, 3.63) is 46.4 Å². The standard InChI is InChI=1S/C23H27F3N8O2.C2H6/c1-13(2)20-30-31-21-29-19(28-10-14-7-15(23(24,25)26)9-16(27)8-14)17-11-33(12-18(17)34(20)21)22(35)32-3-5-36-6-4-32;1-2/h7-9,13H,3-6,10-12,27H2,1-2H3,(H,28,29,31);1-2H3. The van der Waals surface area contributed by atoms with Crippen LogP contribution in [0.3, 0.4) is 0 Å². The lowest BCUT2D eigenvalue weighted by Gasteiger charge is -2.30. The molecule has 2 amide bonds. The van der Waals surface area contributed by atoms with Gasteiger partial charge in [-0.15, -0.1) is 10.2 Å². The van der Waals surface area contributed by atoms with Crippen LogP contribution in [0.1, 0.15) is 61.8 Å². The van der Waals surface area contributed by atoms with Gasteiger partial charge in [0.25, 0.3) is 5.78 Å². The molecule has 0 spiro atoms. The summed E-state index contributed by atoms with van der Waals surface area (Å²) in [4.78, 5) is 21.3. The number of fused-ring (bicyclic) bond motifs is 3. The lowest BCUT2D eigenvalue weighted by Crippen LogP contribution is -2.46. The van der Waals surface area contributed by atoms with Crippen LogP contribution in [0.5, 0.6) is 0 Å². The second kappa shape index (κ2) is 11.0. The smallest absolute Gasteiger partial charge is 0.399 e. The first kappa shape index (κ1) is 27.4. The van der Waals surface area contributed by atoms with Crippen LogP contribution >= 0.6 is 0 Å². The number of urea groups is 1. The molecule has 0 aliphatic carbocycles. The molecule has 0 bridgehead atoms. The molecule has 2 aromatic heterocycles. The Morgan fingerprint density at radius 1 is 1.11 bits per heavy atom. The molecule has 4 heterocycles. The number of aromatic nitrogens is 4. The van der Waals surface area contributed by atoms with Gasteiger partial charge in [-0.05, 0) is 23.8 Å². The summed E-state index contributed by atoms with van der Waals surface area (Å²) in [6.45, 7) is 10.7. The number of rotatable bonds is 4. The molecule has 13 heteroatoms. The number of anilines is 2. The van der Waals surface area contributed by atoms with Crippen LogP contribution in [-0.2, 0) is 30.5 Å². The molecular weight excluding hydrogens is 501 g/mol. The summed E-state index contributed by atoms with van der Waals surface area (Å²) in [6.07, 6.45) is -4.50. The largest absolute Gasteiger partial charge is 0.416 e. The second-order valence-corrected chi connectivity index (χ2v) is 9.29. The summed E-state index contributed by atoms with van der Waals surface area (Å²) in [5.74, 6) is 1.62. The summed E-state index contributed by atoms with van der Waals surface area (Å²) in [5.41, 5.74) is 6.91. The Morgan fingerprint density at radius 2 is 1.82 bits per heavy atom. The lowest BCUT2D eigenvalue weighted by molar-refractivity contribution is -0.137. The molecule has 38 heavy (non-hydrogen) atoms. The summed E-state index contributed by atoms with van der Waals surface area (Å²) < 4.78 is 47.0. The molecule has 3 aromatic rings. The first-order valence-electron chi connectivity index (χ1n) is 12.7. The second-order valence-electron chi connectivity index (χ2n) is 9.29. The third-order valence-corrected chi connectivity index (χ3v) is 6.35. The maximum atomic E-state index is 13.2. The number of benzene rings is 1. The monoisotopic (exact) mass is 534 g/mol. The number of carbonyl (C=O) groups is 1. The minimum Gasteiger partial charge on any atom is -0.399 e. The highest BCUT2D eigenvalue weighted by molar-refractivity contribution is 5.76. The van der Waals surface area contributed by atoms with Gasteiger partial charge in [0.2, 0.25) is 0 Å². The summed E-state index contributed by atoms with van der Waals surface area (Å²) in [7, 11) is 0. The van der Waals surface area contributed by atoms with Gasteiger partial charge in [0, 0.05) is 36.8 Å². The molecule has 1 aromatic carbocycles. The Balaban J connectivity index is 0.00000164. The predicted octanol–water partition coefficient (Wildman–Crippen LogP) is 4.25. The number of amides is 2. The van der Waals surface area contributed by atoms with E-state index < -0.39 is 11.7 Å². The molecular formula is C25H33F3N8O2. The maximum Gasteiger partial charge on any atom is 0.416 e. The van der Waals surface area contributed by atoms with E-state index in [2.05, 4.69) is 20.5 Å². The van der Waals surface area contributed by atoms with Crippen molar-refractivity contribution in [1.82, 2.24) is 29.4 Å². The van der Waals surface area contributed by atoms with Gasteiger partial charge in [-0.1, -0.05) is 27.7 Å². The van der Waals surface area contributed by atoms with E-state index in [9.17, 15) is 18.0 Å². The van der Waals surface area contributed by atoms with E-state index in [0.717, 1.165) is 29.2 Å². The molecule has 5 rings (SSSR count). The minimum atomic E-state index is -4.50. The van der Waals surface area contributed by atoms with Gasteiger partial charge in [-0.25, -0.2) is 4.79 Å². The number of halogens is 3. The molecule has 10 nitrogen and oxygen atoms in total. The van der Waals surface area contributed by atoms with Gasteiger partial charge < -0.3 is 25.6 Å². The van der Waals surface area contributed by atoms with Gasteiger partial charge in [-0.2, -0.15) is 18.2 Å². The van der Waals surface area contributed by atoms with Crippen LogP contribution in [0.2, 0.25) is 0 Å². The fraction of sp³-hybridized carbons (Fsp3) is 0.520. The van der Waals surface area contributed by atoms with E-state index in [-0.39, 0.29) is 24.2 Å². The van der Waals surface area contributed by atoms with Gasteiger partial charge in [-0.3, -0.25) is 4.40 Å². The van der Waals surface area contributed by atoms with Crippen LogP contribution in [0.4, 0.5) is 29.5 Å². The Hall–Kier alpha value is -3.61. The molecule has 1 fully saturated rings. The first-order valence-corrected chi connectivity index (χ1v) is 12.7. The summed E-state index contributed by atoms with van der Waals surface area (Å²) in [6, 6.07) is 3.36. The Bertz CT molecular complexity index is 1300. The van der Waals surface area contributed by atoms with E-state index in [4.69, 9.17) is 10.5 Å². The summed E-state index contributed by atoms with van der Waals surface area (Å²) >= 11 is 0. The van der Waals surface area contributed by atoms with Gasteiger partial charge in [0.1, 0.15) is 11.6 Å². The van der Waals surface area contributed by atoms with Gasteiger partial charge in [0.05, 0.1) is 37.6 Å². The number of nitrogen functional groups attached to an aromatic ring is 1. The van der Waals surface area contributed by atoms with E-state index in [1.165, 1.54) is 6.07 Å². The third-order valence-electron chi connectivity index (χ3n) is 6.35. The van der Waals surface area contributed by atoms with Crippen molar-refractivity contribution in [1.29, 1.82) is 0 Å². The number of hydrogen-bond acceptors (Lipinski definition) is 7. The molecule has 0 radical (unpaired) electrons. The highest BCUT2D eigenvalue weighted by atomic mass is 19.4. The third kappa shape index (κ3) is 5.47. The normalized spacial score (nSPS) is 15.5. The van der Waals surface area contributed by atoms with Gasteiger partial charge >= 0.3 is 12.2 Å². The van der Waals surface area contributed by atoms with Crippen molar-refractivity contribution >= 4 is 23.3 Å². The van der Waals surface area contributed by atoms with E-state index >= 15 is 0 Å². The number of nitrogens with two attached hydrogens (primary N) is 1. The Morgan fingerprint density at radius 3 is 2.47 bits per heavy atom. The van der Waals surface area contributed by atoms with Crippen LogP contribution in [0.25, 0.3) is 5.78 Å². The number of alkyl halides is 3. The number of carbonyl (C=O) groups excluding carboxylic acids is 1. The van der Waals surface area contributed by atoms with Crippen molar-refractivity contribution in [3.63, 3.8) is 0 Å². The highest BCUT2D eigenvalue weighted by Crippen LogP contribution is 2.33. The van der Waals surface area contributed by atoms with E-state index in [1.54, 1.807) is 9.80 Å². The molecule has 0 atom stereocenters. The molecule has 0 unspecified atom stereocenters. The molecule has 2 aliphatic heterocycles. The lowest BCUT2D eigenvalue weighted by atomic mass is 10.1. The highest BCUT2D eigenvalue weighted by Gasteiger charge is 2.34. The van der Waals surface area contributed by atoms with Crippen molar-refractivity contribution in [2.24, 2.45) is 0 Å².